The summed E-state index contributed by atoms with van der Waals surface area (Å²) >= 11 is 0. The average Bonchev–Trinajstić information content (AvgIpc) is 2.80. The molecule has 1 unspecified atom stereocenters. The van der Waals surface area contributed by atoms with Gasteiger partial charge in [-0.1, -0.05) is 76.6 Å². The van der Waals surface area contributed by atoms with E-state index < -0.39 is 0 Å². The Bertz CT molecular complexity index is 692. The number of nitrogens with one attached hydrogen (secondary N) is 1. The number of nitrogens with zero attached hydrogens (tertiary/aromatic N) is 1. The fraction of sp³-hybridized carbons (Fsp3) is 0.464. The minimum absolute atomic E-state index is 0.0370. The lowest BCUT2D eigenvalue weighted by Crippen LogP contribution is -2.24. The standard InChI is InChI=1S/C21H27NO2.C3H9N.C2H6.C2H2/c1-3-7-17(2)16-24-20-12-10-19(11-13-20)15-22-21(23)14-18-8-5-4-6-9-18;1-4(2)3;2*1-2/h4-6,8-13,17H,3,7,14-16H2,1-2H3,(H,22,23);1-3H3;1-2H3;1-2H. The Hall–Kier alpha value is -2.77. The van der Waals surface area contributed by atoms with Gasteiger partial charge in [0.2, 0.25) is 5.91 Å². The highest BCUT2D eigenvalue weighted by molar-refractivity contribution is 5.78. The van der Waals surface area contributed by atoms with Crippen LogP contribution in [0.4, 0.5) is 0 Å². The molecule has 1 amide bonds. The average molecular weight is 441 g/mol. The molecule has 0 heterocycles. The third-order valence-electron chi connectivity index (χ3n) is 3.94. The van der Waals surface area contributed by atoms with Crippen molar-refractivity contribution in [2.24, 2.45) is 5.92 Å². The quantitative estimate of drug-likeness (QED) is 0.500. The molecule has 1 N–H and O–H groups in total. The number of carbonyl (C=O) groups excluding carboxylic acids is 1. The Balaban J connectivity index is 0. The molecule has 0 aliphatic heterocycles. The number of benzene rings is 2. The zero-order chi connectivity index (χ0) is 24.8. The van der Waals surface area contributed by atoms with Crippen LogP contribution in [0.25, 0.3) is 0 Å². The van der Waals surface area contributed by atoms with E-state index in [1.54, 1.807) is 0 Å². The van der Waals surface area contributed by atoms with E-state index in [2.05, 4.69) is 32.0 Å². The summed E-state index contributed by atoms with van der Waals surface area (Å²) in [5.41, 5.74) is 2.10. The fourth-order valence-corrected chi connectivity index (χ4v) is 2.56. The zero-order valence-electron chi connectivity index (χ0n) is 21.2. The van der Waals surface area contributed by atoms with Gasteiger partial charge in [0.1, 0.15) is 5.75 Å². The molecular weight excluding hydrogens is 396 g/mol. The molecule has 178 valence electrons. The van der Waals surface area contributed by atoms with E-state index in [1.165, 1.54) is 12.8 Å². The van der Waals surface area contributed by atoms with Gasteiger partial charge in [0.25, 0.3) is 0 Å². The highest BCUT2D eigenvalue weighted by Crippen LogP contribution is 2.14. The second-order valence-corrected chi connectivity index (χ2v) is 7.63. The van der Waals surface area contributed by atoms with Gasteiger partial charge < -0.3 is 15.0 Å². The first-order valence-corrected chi connectivity index (χ1v) is 11.4. The first-order chi connectivity index (χ1) is 15.4. The first kappa shape index (κ1) is 31.4. The monoisotopic (exact) mass is 440 g/mol. The van der Waals surface area contributed by atoms with Crippen LogP contribution in [0.1, 0.15) is 51.7 Å². The minimum atomic E-state index is 0.0370. The van der Waals surface area contributed by atoms with Gasteiger partial charge in [-0.3, -0.25) is 4.79 Å². The lowest BCUT2D eigenvalue weighted by molar-refractivity contribution is -0.120. The fourth-order valence-electron chi connectivity index (χ4n) is 2.56. The number of hydrogen-bond acceptors (Lipinski definition) is 3. The number of hydrogen-bond donors (Lipinski definition) is 1. The number of ether oxygens (including phenoxy) is 1. The molecule has 0 aliphatic rings. The summed E-state index contributed by atoms with van der Waals surface area (Å²) in [5.74, 6) is 1.50. The molecule has 0 saturated heterocycles. The normalized spacial score (nSPS) is 10.2. The van der Waals surface area contributed by atoms with Gasteiger partial charge in [0, 0.05) is 6.54 Å². The van der Waals surface area contributed by atoms with Crippen molar-refractivity contribution in [3.63, 3.8) is 0 Å². The molecule has 4 heteroatoms. The van der Waals surface area contributed by atoms with E-state index in [0.717, 1.165) is 23.5 Å². The Morgan fingerprint density at radius 3 is 2.00 bits per heavy atom. The SMILES string of the molecule is C#C.CC.CCCC(C)COc1ccc(CNC(=O)Cc2ccccc2)cc1.CN(C)C. The number of carbonyl (C=O) groups is 1. The van der Waals surface area contributed by atoms with Crippen LogP contribution in [-0.2, 0) is 17.8 Å². The second kappa shape index (κ2) is 21.5. The molecule has 0 aliphatic carbocycles. The van der Waals surface area contributed by atoms with Crippen molar-refractivity contribution in [1.29, 1.82) is 0 Å². The van der Waals surface area contributed by atoms with Crippen LogP contribution in [0.5, 0.6) is 5.75 Å². The van der Waals surface area contributed by atoms with Gasteiger partial charge in [0.15, 0.2) is 0 Å². The molecule has 0 fully saturated rings. The van der Waals surface area contributed by atoms with Crippen molar-refractivity contribution in [3.8, 4) is 18.6 Å². The van der Waals surface area contributed by atoms with Crippen LogP contribution in [0, 0.1) is 18.8 Å². The summed E-state index contributed by atoms with van der Waals surface area (Å²) in [6.45, 7) is 9.69. The van der Waals surface area contributed by atoms with Gasteiger partial charge in [-0.25, -0.2) is 0 Å². The van der Waals surface area contributed by atoms with Crippen molar-refractivity contribution < 1.29 is 9.53 Å². The number of terminal acetylenes is 1. The lowest BCUT2D eigenvalue weighted by atomic mass is 10.1. The molecule has 0 spiro atoms. The summed E-state index contributed by atoms with van der Waals surface area (Å²) in [5, 5.41) is 2.95. The maximum atomic E-state index is 12.0. The topological polar surface area (TPSA) is 41.6 Å². The van der Waals surface area contributed by atoms with E-state index in [4.69, 9.17) is 4.74 Å². The van der Waals surface area contributed by atoms with Crippen molar-refractivity contribution in [2.45, 2.75) is 53.5 Å². The van der Waals surface area contributed by atoms with Gasteiger partial charge in [-0.2, -0.15) is 0 Å². The van der Waals surface area contributed by atoms with Crippen LogP contribution in [0.15, 0.2) is 54.6 Å². The van der Waals surface area contributed by atoms with Crippen LogP contribution >= 0.6 is 0 Å². The van der Waals surface area contributed by atoms with E-state index in [9.17, 15) is 4.79 Å². The van der Waals surface area contributed by atoms with Crippen LogP contribution in [-0.4, -0.2) is 38.6 Å². The molecule has 0 radical (unpaired) electrons. The molecular formula is C28H44N2O2. The zero-order valence-corrected chi connectivity index (χ0v) is 21.2. The molecule has 0 bridgehead atoms. The lowest BCUT2D eigenvalue weighted by Gasteiger charge is -2.12. The van der Waals surface area contributed by atoms with Crippen LogP contribution < -0.4 is 10.1 Å². The smallest absolute Gasteiger partial charge is 0.224 e. The molecule has 0 aromatic heterocycles. The Morgan fingerprint density at radius 1 is 0.969 bits per heavy atom. The van der Waals surface area contributed by atoms with E-state index in [0.29, 0.717) is 18.9 Å². The molecule has 1 atom stereocenters. The van der Waals surface area contributed by atoms with E-state index >= 15 is 0 Å². The summed E-state index contributed by atoms with van der Waals surface area (Å²) in [6.07, 6.45) is 10.8. The molecule has 2 aromatic carbocycles. The van der Waals surface area contributed by atoms with E-state index in [1.807, 2.05) is 94.5 Å². The predicted octanol–water partition coefficient (Wildman–Crippen LogP) is 5.81. The molecule has 4 nitrogen and oxygen atoms in total. The minimum Gasteiger partial charge on any atom is -0.493 e. The number of rotatable bonds is 9. The maximum Gasteiger partial charge on any atom is 0.224 e. The summed E-state index contributed by atoms with van der Waals surface area (Å²) in [6, 6.07) is 17.7. The van der Waals surface area contributed by atoms with E-state index in [-0.39, 0.29) is 5.91 Å². The maximum absolute atomic E-state index is 12.0. The summed E-state index contributed by atoms with van der Waals surface area (Å²) in [4.78, 5) is 14.0. The van der Waals surface area contributed by atoms with Crippen molar-refractivity contribution in [2.75, 3.05) is 27.7 Å². The third kappa shape index (κ3) is 18.0. The Kier molecular flexibility index (Phi) is 21.1. The highest BCUT2D eigenvalue weighted by atomic mass is 16.5. The molecule has 0 saturated carbocycles. The Morgan fingerprint density at radius 2 is 1.50 bits per heavy atom. The summed E-state index contributed by atoms with van der Waals surface area (Å²) in [7, 11) is 6.00. The molecule has 2 aromatic rings. The third-order valence-corrected chi connectivity index (χ3v) is 3.94. The molecule has 2 rings (SSSR count). The van der Waals surface area contributed by atoms with Crippen LogP contribution in [0.3, 0.4) is 0 Å². The van der Waals surface area contributed by atoms with Gasteiger partial charge >= 0.3 is 0 Å². The second-order valence-electron chi connectivity index (χ2n) is 7.63. The summed E-state index contributed by atoms with van der Waals surface area (Å²) < 4.78 is 5.79. The van der Waals surface area contributed by atoms with Crippen molar-refractivity contribution in [1.82, 2.24) is 10.2 Å². The van der Waals surface area contributed by atoms with Gasteiger partial charge in [-0.15, -0.1) is 12.8 Å². The van der Waals surface area contributed by atoms with Crippen molar-refractivity contribution in [3.05, 3.63) is 65.7 Å². The first-order valence-electron chi connectivity index (χ1n) is 11.4. The highest BCUT2D eigenvalue weighted by Gasteiger charge is 2.04. The molecule has 32 heavy (non-hydrogen) atoms. The van der Waals surface area contributed by atoms with Crippen LogP contribution in [0.2, 0.25) is 0 Å². The largest absolute Gasteiger partial charge is 0.493 e. The van der Waals surface area contributed by atoms with Crippen molar-refractivity contribution >= 4 is 5.91 Å². The predicted molar refractivity (Wildman–Crippen MR) is 139 cm³/mol. The Labute approximate surface area is 197 Å². The number of amides is 1. The van der Waals surface area contributed by atoms with Gasteiger partial charge in [-0.05, 0) is 56.7 Å². The van der Waals surface area contributed by atoms with Gasteiger partial charge in [0.05, 0.1) is 13.0 Å².